The van der Waals surface area contributed by atoms with Gasteiger partial charge in [0.1, 0.15) is 16.9 Å². The molecule has 9 heteroatoms. The van der Waals surface area contributed by atoms with Gasteiger partial charge in [-0.25, -0.2) is 9.97 Å². The number of benzene rings is 1. The first-order valence-electron chi connectivity index (χ1n) is 13.6. The molecule has 9 nitrogen and oxygen atoms in total. The summed E-state index contributed by atoms with van der Waals surface area (Å²) in [5.74, 6) is 2.52. The lowest BCUT2D eigenvalue weighted by atomic mass is 10.0. The van der Waals surface area contributed by atoms with Crippen LogP contribution in [0.25, 0.3) is 33.6 Å². The predicted octanol–water partition coefficient (Wildman–Crippen LogP) is 3.11. The number of ether oxygens (including phenoxy) is 1. The number of imidazole rings is 1. The quantitative estimate of drug-likeness (QED) is 0.426. The number of hydrogen-bond acceptors (Lipinski definition) is 6. The zero-order valence-corrected chi connectivity index (χ0v) is 22.5. The number of aromatic nitrogens is 4. The van der Waals surface area contributed by atoms with Crippen LogP contribution in [0.2, 0.25) is 0 Å². The van der Waals surface area contributed by atoms with Crippen LogP contribution in [-0.2, 0) is 13.6 Å². The summed E-state index contributed by atoms with van der Waals surface area (Å²) in [5.41, 5.74) is 10.8. The minimum Gasteiger partial charge on any atom is -0.494 e. The van der Waals surface area contributed by atoms with Crippen molar-refractivity contribution in [1.82, 2.24) is 28.9 Å². The lowest BCUT2D eigenvalue weighted by molar-refractivity contribution is 0.0589. The number of rotatable bonds is 6. The van der Waals surface area contributed by atoms with Crippen molar-refractivity contribution < 1.29 is 9.53 Å². The average Bonchev–Trinajstić information content (AvgIpc) is 3.33. The number of aryl methyl sites for hydroxylation is 1. The van der Waals surface area contributed by atoms with Crippen LogP contribution < -0.4 is 10.5 Å². The number of likely N-dealkylation sites (tertiary alicyclic amines) is 1. The molecule has 3 aliphatic rings. The first-order valence-corrected chi connectivity index (χ1v) is 13.6. The van der Waals surface area contributed by atoms with Gasteiger partial charge in [-0.05, 0) is 75.5 Å². The minimum absolute atomic E-state index is 0.000972. The van der Waals surface area contributed by atoms with Gasteiger partial charge in [-0.2, -0.15) is 0 Å². The van der Waals surface area contributed by atoms with E-state index in [1.54, 1.807) is 7.11 Å². The summed E-state index contributed by atoms with van der Waals surface area (Å²) in [6.45, 7) is 1.64. The lowest BCUT2D eigenvalue weighted by Crippen LogP contribution is -2.52. The van der Waals surface area contributed by atoms with Crippen molar-refractivity contribution in [3.8, 4) is 17.3 Å². The third-order valence-electron chi connectivity index (χ3n) is 9.02. The van der Waals surface area contributed by atoms with Crippen molar-refractivity contribution in [2.75, 3.05) is 27.7 Å². The van der Waals surface area contributed by atoms with Crippen LogP contribution in [-0.4, -0.2) is 80.7 Å². The zero-order chi connectivity index (χ0) is 26.3. The van der Waals surface area contributed by atoms with Crippen molar-refractivity contribution in [3.05, 3.63) is 42.1 Å². The number of piperidine rings is 1. The molecule has 0 spiro atoms. The Morgan fingerprint density at radius 3 is 2.76 bits per heavy atom. The van der Waals surface area contributed by atoms with E-state index in [2.05, 4.69) is 45.2 Å². The van der Waals surface area contributed by atoms with E-state index >= 15 is 0 Å². The van der Waals surface area contributed by atoms with Gasteiger partial charge in [0.25, 0.3) is 5.91 Å². The van der Waals surface area contributed by atoms with Crippen LogP contribution >= 0.6 is 0 Å². The molecule has 4 heterocycles. The number of nitrogens with two attached hydrogens (primary N) is 1. The number of fused-ring (bicyclic) bond motifs is 4. The summed E-state index contributed by atoms with van der Waals surface area (Å²) in [7, 11) is 7.81. The molecule has 4 aromatic rings. The Bertz CT molecular complexity index is 1570. The van der Waals surface area contributed by atoms with Crippen LogP contribution in [0, 0.1) is 11.8 Å². The molecule has 3 fully saturated rings. The van der Waals surface area contributed by atoms with Crippen LogP contribution in [0.3, 0.4) is 0 Å². The molecule has 2 saturated carbocycles. The average molecular weight is 514 g/mol. The molecule has 0 radical (unpaired) electrons. The molecule has 1 saturated heterocycles. The third kappa shape index (κ3) is 3.48. The molecular formula is C29H35N7O2. The van der Waals surface area contributed by atoms with Gasteiger partial charge in [0.05, 0.1) is 24.4 Å². The molecule has 4 atom stereocenters. The van der Waals surface area contributed by atoms with Gasteiger partial charge in [0.15, 0.2) is 5.82 Å². The van der Waals surface area contributed by atoms with Gasteiger partial charge in [-0.1, -0.05) is 0 Å². The van der Waals surface area contributed by atoms with Gasteiger partial charge in [-0.15, -0.1) is 0 Å². The number of nitrogens with zero attached hydrogens (tertiary/aromatic N) is 6. The Kier molecular flexibility index (Phi) is 5.32. The third-order valence-corrected chi connectivity index (χ3v) is 9.02. The van der Waals surface area contributed by atoms with Crippen molar-refractivity contribution in [2.24, 2.45) is 24.6 Å². The first kappa shape index (κ1) is 23.7. The van der Waals surface area contributed by atoms with Crippen LogP contribution in [0.4, 0.5) is 0 Å². The monoisotopic (exact) mass is 513 g/mol. The Morgan fingerprint density at radius 2 is 2.05 bits per heavy atom. The molecule has 7 rings (SSSR count). The van der Waals surface area contributed by atoms with Gasteiger partial charge in [0.2, 0.25) is 0 Å². The number of hydrogen-bond donors (Lipinski definition) is 1. The van der Waals surface area contributed by atoms with Crippen molar-refractivity contribution >= 4 is 28.0 Å². The first-order chi connectivity index (χ1) is 18.4. The molecule has 2 N–H and O–H groups in total. The highest BCUT2D eigenvalue weighted by Gasteiger charge is 2.53. The number of carbonyl (C=O) groups excluding carboxylic acids is 1. The smallest absolute Gasteiger partial charge is 0.254 e. The molecule has 1 aromatic carbocycles. The highest BCUT2D eigenvalue weighted by molar-refractivity contribution is 6.00. The van der Waals surface area contributed by atoms with E-state index in [-0.39, 0.29) is 24.0 Å². The highest BCUT2D eigenvalue weighted by Crippen LogP contribution is 2.41. The normalized spacial score (nSPS) is 24.8. The van der Waals surface area contributed by atoms with E-state index in [4.69, 9.17) is 15.5 Å². The van der Waals surface area contributed by atoms with E-state index in [0.29, 0.717) is 29.7 Å². The number of methoxy groups -OCH3 is 1. The summed E-state index contributed by atoms with van der Waals surface area (Å²) >= 11 is 0. The van der Waals surface area contributed by atoms with E-state index in [0.717, 1.165) is 46.6 Å². The Balaban J connectivity index is 1.32. The number of carbonyl (C=O) groups is 1. The molecule has 198 valence electrons. The number of likely N-dealkylation sites (N-methyl/N-ethyl adjacent to an activating group) is 1. The maximum Gasteiger partial charge on any atom is 0.254 e. The molecular weight excluding hydrogens is 478 g/mol. The van der Waals surface area contributed by atoms with Crippen LogP contribution in [0.5, 0.6) is 5.75 Å². The summed E-state index contributed by atoms with van der Waals surface area (Å²) < 4.78 is 10.2. The second-order valence-corrected chi connectivity index (χ2v) is 11.6. The molecule has 2 bridgehead atoms. The molecule has 1 aliphatic heterocycles. The summed E-state index contributed by atoms with van der Waals surface area (Å²) in [6.07, 6.45) is 5.40. The van der Waals surface area contributed by atoms with Gasteiger partial charge in [0, 0.05) is 49.4 Å². The van der Waals surface area contributed by atoms with Gasteiger partial charge in [-0.3, -0.25) is 4.79 Å². The Hall–Kier alpha value is -3.43. The summed E-state index contributed by atoms with van der Waals surface area (Å²) in [6, 6.07) is 10.3. The van der Waals surface area contributed by atoms with Gasteiger partial charge >= 0.3 is 0 Å². The molecule has 3 aromatic heterocycles. The van der Waals surface area contributed by atoms with Crippen molar-refractivity contribution in [1.29, 1.82) is 0 Å². The van der Waals surface area contributed by atoms with E-state index in [1.807, 2.05) is 36.3 Å². The fourth-order valence-electron chi connectivity index (χ4n) is 6.86. The molecule has 2 aliphatic carbocycles. The lowest BCUT2D eigenvalue weighted by Gasteiger charge is -2.37. The SMILES string of the molecule is COc1cc(C(=O)N2C[C@H]3C[C@H](N(C)C)[C@@H]2[C@@H]3N)cc2nc(-c3cc4cccnc4n3CC3CC3)n(C)c12. The molecule has 0 unspecified atom stereocenters. The standard InChI is InChI=1S/C29H35N7O2/c1-33(2)21-12-19-15-36(26(21)24(19)30)29(37)18-10-20-25(23(13-18)38-4)34(3)28(32-20)22-11-17-6-5-9-31-27(17)35(22)14-16-7-8-16/h5-6,9-11,13,16,19,21,24,26H,7-8,12,14-15,30H2,1-4H3/t19-,21+,24-,26-/m1/s1. The maximum atomic E-state index is 13.9. The summed E-state index contributed by atoms with van der Waals surface area (Å²) in [4.78, 5) is 27.8. The molecule has 1 amide bonds. The maximum absolute atomic E-state index is 13.9. The van der Waals surface area contributed by atoms with Crippen molar-refractivity contribution in [3.63, 3.8) is 0 Å². The second kappa shape index (κ2) is 8.54. The fraction of sp³-hybridized carbons (Fsp3) is 0.483. The molecule has 38 heavy (non-hydrogen) atoms. The Labute approximate surface area is 222 Å². The second-order valence-electron chi connectivity index (χ2n) is 11.6. The largest absolute Gasteiger partial charge is 0.494 e. The van der Waals surface area contributed by atoms with Crippen LogP contribution in [0.1, 0.15) is 29.6 Å². The minimum atomic E-state index is -0.000972. The van der Waals surface area contributed by atoms with Gasteiger partial charge < -0.3 is 29.4 Å². The van der Waals surface area contributed by atoms with E-state index in [1.165, 1.54) is 12.8 Å². The number of amides is 1. The van der Waals surface area contributed by atoms with E-state index in [9.17, 15) is 4.79 Å². The Morgan fingerprint density at radius 1 is 1.24 bits per heavy atom. The fourth-order valence-corrected chi connectivity index (χ4v) is 6.86. The number of pyridine rings is 1. The van der Waals surface area contributed by atoms with Crippen molar-refractivity contribution in [2.45, 2.75) is 43.9 Å². The topological polar surface area (TPSA) is 94.4 Å². The van der Waals surface area contributed by atoms with Crippen LogP contribution in [0.15, 0.2) is 36.5 Å². The zero-order valence-electron chi connectivity index (χ0n) is 22.5. The predicted molar refractivity (Wildman–Crippen MR) is 147 cm³/mol. The highest BCUT2D eigenvalue weighted by atomic mass is 16.5. The van der Waals surface area contributed by atoms with E-state index < -0.39 is 0 Å². The summed E-state index contributed by atoms with van der Waals surface area (Å²) in [5, 5.41) is 1.11.